The van der Waals surface area contributed by atoms with Gasteiger partial charge in [-0.1, -0.05) is 0 Å². The van der Waals surface area contributed by atoms with Gasteiger partial charge in [0.1, 0.15) is 5.41 Å². The van der Waals surface area contributed by atoms with Crippen molar-refractivity contribution in [2.45, 2.75) is 20.3 Å². The van der Waals surface area contributed by atoms with Crippen molar-refractivity contribution in [3.8, 4) is 6.07 Å². The molecule has 102 valence electrons. The second-order valence-corrected chi connectivity index (χ2v) is 7.03. The van der Waals surface area contributed by atoms with Crippen molar-refractivity contribution in [2.75, 3.05) is 32.4 Å². The highest BCUT2D eigenvalue weighted by Crippen LogP contribution is 2.19. The van der Waals surface area contributed by atoms with Crippen LogP contribution in [0.1, 0.15) is 20.3 Å². The zero-order valence-electron chi connectivity index (χ0n) is 11.0. The fourth-order valence-corrected chi connectivity index (χ4v) is 2.75. The van der Waals surface area contributed by atoms with Crippen LogP contribution in [0.3, 0.4) is 0 Å². The topological polar surface area (TPSA) is 81.5 Å². The number of carbonyl (C=O) groups is 1. The third-order valence-electron chi connectivity index (χ3n) is 3.03. The Morgan fingerprint density at radius 2 is 1.83 bits per heavy atom. The Bertz CT molecular complexity index is 464. The third kappa shape index (κ3) is 3.43. The molecule has 18 heavy (non-hydrogen) atoms. The first-order valence-corrected chi connectivity index (χ1v) is 7.69. The Morgan fingerprint density at radius 1 is 1.22 bits per heavy atom. The second kappa shape index (κ2) is 5.24. The van der Waals surface area contributed by atoms with Crippen LogP contribution < -0.4 is 0 Å². The highest BCUT2D eigenvalue weighted by molar-refractivity contribution is 7.88. The maximum atomic E-state index is 12.1. The smallest absolute Gasteiger partial charge is 0.242 e. The molecule has 7 heteroatoms. The first-order chi connectivity index (χ1) is 8.18. The number of rotatable bonds is 2. The van der Waals surface area contributed by atoms with Gasteiger partial charge in [0.05, 0.1) is 12.3 Å². The Labute approximate surface area is 108 Å². The van der Waals surface area contributed by atoms with E-state index in [2.05, 4.69) is 0 Å². The Kier molecular flexibility index (Phi) is 4.35. The highest BCUT2D eigenvalue weighted by atomic mass is 32.2. The van der Waals surface area contributed by atoms with Gasteiger partial charge in [-0.15, -0.1) is 0 Å². The lowest BCUT2D eigenvalue weighted by Crippen LogP contribution is -2.42. The molecular weight excluding hydrogens is 254 g/mol. The minimum Gasteiger partial charge on any atom is -0.340 e. The van der Waals surface area contributed by atoms with E-state index in [9.17, 15) is 13.2 Å². The van der Waals surface area contributed by atoms with Crippen LogP contribution in [0, 0.1) is 16.7 Å². The van der Waals surface area contributed by atoms with E-state index >= 15 is 0 Å². The van der Waals surface area contributed by atoms with Crippen LogP contribution in [0.5, 0.6) is 0 Å². The van der Waals surface area contributed by atoms with Gasteiger partial charge in [0, 0.05) is 26.2 Å². The van der Waals surface area contributed by atoms with Crippen molar-refractivity contribution in [1.29, 1.82) is 5.26 Å². The van der Waals surface area contributed by atoms with Crippen LogP contribution in [-0.4, -0.2) is 56.0 Å². The maximum Gasteiger partial charge on any atom is 0.242 e. The van der Waals surface area contributed by atoms with E-state index in [1.54, 1.807) is 18.7 Å². The number of carbonyl (C=O) groups excluding carboxylic acids is 1. The molecule has 6 nitrogen and oxygen atoms in total. The van der Waals surface area contributed by atoms with Crippen molar-refractivity contribution in [2.24, 2.45) is 5.41 Å². The van der Waals surface area contributed by atoms with Crippen molar-refractivity contribution < 1.29 is 13.2 Å². The minimum atomic E-state index is -3.21. The van der Waals surface area contributed by atoms with E-state index in [4.69, 9.17) is 5.26 Å². The van der Waals surface area contributed by atoms with Crippen LogP contribution in [0.4, 0.5) is 0 Å². The van der Waals surface area contributed by atoms with Gasteiger partial charge in [0.25, 0.3) is 0 Å². The summed E-state index contributed by atoms with van der Waals surface area (Å²) in [4.78, 5) is 13.7. The Hall–Kier alpha value is -1.13. The predicted octanol–water partition coefficient (Wildman–Crippen LogP) is 0.0301. The lowest BCUT2D eigenvalue weighted by Gasteiger charge is -2.26. The molecule has 1 aliphatic heterocycles. The molecule has 1 amide bonds. The number of hydrogen-bond acceptors (Lipinski definition) is 4. The molecule has 0 N–H and O–H groups in total. The lowest BCUT2D eigenvalue weighted by molar-refractivity contribution is -0.137. The molecule has 0 aromatic rings. The molecule has 0 saturated carbocycles. The van der Waals surface area contributed by atoms with Crippen molar-refractivity contribution >= 4 is 15.9 Å². The molecule has 0 spiro atoms. The van der Waals surface area contributed by atoms with Crippen LogP contribution in [0.25, 0.3) is 0 Å². The van der Waals surface area contributed by atoms with Gasteiger partial charge in [-0.3, -0.25) is 4.79 Å². The molecular formula is C11H19N3O3S. The molecule has 0 aromatic heterocycles. The Morgan fingerprint density at radius 3 is 2.33 bits per heavy atom. The zero-order chi connectivity index (χ0) is 14.0. The number of amides is 1. The Balaban J connectivity index is 2.75. The summed E-state index contributed by atoms with van der Waals surface area (Å²) < 4.78 is 24.3. The van der Waals surface area contributed by atoms with Gasteiger partial charge in [-0.25, -0.2) is 12.7 Å². The van der Waals surface area contributed by atoms with Gasteiger partial charge < -0.3 is 4.90 Å². The number of nitriles is 1. The largest absolute Gasteiger partial charge is 0.340 e. The first kappa shape index (κ1) is 14.9. The predicted molar refractivity (Wildman–Crippen MR) is 67.0 cm³/mol. The van der Waals surface area contributed by atoms with Crippen LogP contribution in [0.2, 0.25) is 0 Å². The molecule has 0 aromatic carbocycles. The van der Waals surface area contributed by atoms with Crippen LogP contribution in [0.15, 0.2) is 0 Å². The summed E-state index contributed by atoms with van der Waals surface area (Å²) in [6, 6.07) is 1.98. The molecule has 1 saturated heterocycles. The van der Waals surface area contributed by atoms with Gasteiger partial charge >= 0.3 is 0 Å². The summed E-state index contributed by atoms with van der Waals surface area (Å²) >= 11 is 0. The van der Waals surface area contributed by atoms with Crippen molar-refractivity contribution in [3.63, 3.8) is 0 Å². The standard InChI is InChI=1S/C11H19N3O3S/c1-11(2,9-12)10(15)13-5-4-6-14(8-7-13)18(3,16)17/h4-8H2,1-3H3. The molecule has 1 rings (SSSR count). The monoisotopic (exact) mass is 273 g/mol. The van der Waals surface area contributed by atoms with Crippen LogP contribution >= 0.6 is 0 Å². The molecule has 1 aliphatic rings. The number of nitrogens with zero attached hydrogens (tertiary/aromatic N) is 3. The molecule has 0 bridgehead atoms. The summed E-state index contributed by atoms with van der Waals surface area (Å²) in [6.45, 7) is 4.72. The summed E-state index contributed by atoms with van der Waals surface area (Å²) in [5.41, 5.74) is -1.06. The van der Waals surface area contributed by atoms with Gasteiger partial charge in [0.2, 0.25) is 15.9 Å². The minimum absolute atomic E-state index is 0.236. The van der Waals surface area contributed by atoms with Crippen LogP contribution in [-0.2, 0) is 14.8 Å². The fraction of sp³-hybridized carbons (Fsp3) is 0.818. The van der Waals surface area contributed by atoms with Gasteiger partial charge in [0.15, 0.2) is 0 Å². The molecule has 0 atom stereocenters. The SMILES string of the molecule is CC(C)(C#N)C(=O)N1CCCN(S(C)(=O)=O)CC1. The molecule has 0 unspecified atom stereocenters. The molecule has 0 radical (unpaired) electrons. The van der Waals surface area contributed by atoms with Crippen molar-refractivity contribution in [1.82, 2.24) is 9.21 Å². The van der Waals surface area contributed by atoms with Gasteiger partial charge in [-0.05, 0) is 20.3 Å². The maximum absolute atomic E-state index is 12.1. The van der Waals surface area contributed by atoms with E-state index < -0.39 is 15.4 Å². The second-order valence-electron chi connectivity index (χ2n) is 5.04. The average Bonchev–Trinajstić information content (AvgIpc) is 2.52. The van der Waals surface area contributed by atoms with E-state index in [0.29, 0.717) is 32.6 Å². The summed E-state index contributed by atoms with van der Waals surface area (Å²) in [6.07, 6.45) is 1.77. The average molecular weight is 273 g/mol. The van der Waals surface area contributed by atoms with E-state index in [1.807, 2.05) is 6.07 Å². The van der Waals surface area contributed by atoms with E-state index in [1.165, 1.54) is 10.6 Å². The van der Waals surface area contributed by atoms with E-state index in [-0.39, 0.29) is 5.91 Å². The molecule has 1 fully saturated rings. The number of hydrogen-bond donors (Lipinski definition) is 0. The number of sulfonamides is 1. The molecule has 1 heterocycles. The molecule has 0 aliphatic carbocycles. The highest BCUT2D eigenvalue weighted by Gasteiger charge is 2.33. The first-order valence-electron chi connectivity index (χ1n) is 5.84. The zero-order valence-corrected chi connectivity index (χ0v) is 11.8. The summed E-state index contributed by atoms with van der Waals surface area (Å²) in [5.74, 6) is -0.236. The van der Waals surface area contributed by atoms with Gasteiger partial charge in [-0.2, -0.15) is 5.26 Å². The normalized spacial score (nSPS) is 19.1. The third-order valence-corrected chi connectivity index (χ3v) is 4.33. The van der Waals surface area contributed by atoms with E-state index in [0.717, 1.165) is 0 Å². The lowest BCUT2D eigenvalue weighted by atomic mass is 9.94. The fourth-order valence-electron chi connectivity index (χ4n) is 1.87. The summed E-state index contributed by atoms with van der Waals surface area (Å²) in [5, 5.41) is 8.94. The summed E-state index contributed by atoms with van der Waals surface area (Å²) in [7, 11) is -3.21. The quantitative estimate of drug-likeness (QED) is 0.711. The van der Waals surface area contributed by atoms with Crippen molar-refractivity contribution in [3.05, 3.63) is 0 Å².